The molecular weight excluding hydrogens is 404 g/mol. The number of sulfonamides is 1. The van der Waals surface area contributed by atoms with E-state index in [1.165, 1.54) is 9.21 Å². The minimum atomic E-state index is -3.39. The van der Waals surface area contributed by atoms with Crippen LogP contribution >= 0.6 is 0 Å². The Balaban J connectivity index is 2.10. The van der Waals surface area contributed by atoms with Gasteiger partial charge in [0.25, 0.3) is 0 Å². The normalized spacial score (nSPS) is 17.6. The maximum Gasteiger partial charge on any atom is 0.414 e. The van der Waals surface area contributed by atoms with Crippen LogP contribution in [0.1, 0.15) is 50.3 Å². The second-order valence-electron chi connectivity index (χ2n) is 9.30. The highest BCUT2D eigenvalue weighted by atomic mass is 32.2. The molecule has 1 saturated heterocycles. The zero-order valence-electron chi connectivity index (χ0n) is 19.0. The third-order valence-corrected chi connectivity index (χ3v) is 7.26. The van der Waals surface area contributed by atoms with Crippen molar-refractivity contribution in [2.24, 2.45) is 11.5 Å². The van der Waals surface area contributed by atoms with Crippen LogP contribution in [0, 0.1) is 13.8 Å². The van der Waals surface area contributed by atoms with Crippen molar-refractivity contribution in [2.75, 3.05) is 30.8 Å². The molecule has 1 fully saturated rings. The number of hydrogen-bond donors (Lipinski definition) is 2. The highest BCUT2D eigenvalue weighted by molar-refractivity contribution is 7.89. The summed E-state index contributed by atoms with van der Waals surface area (Å²) in [5.41, 5.74) is 14.0. The summed E-state index contributed by atoms with van der Waals surface area (Å²) in [5.74, 6) is 0.0259. The summed E-state index contributed by atoms with van der Waals surface area (Å²) in [5, 5.41) is 0. The van der Waals surface area contributed by atoms with E-state index in [2.05, 4.69) is 0 Å². The smallest absolute Gasteiger partial charge is 0.414 e. The van der Waals surface area contributed by atoms with Gasteiger partial charge in [-0.2, -0.15) is 0 Å². The van der Waals surface area contributed by atoms with Crippen molar-refractivity contribution >= 4 is 21.8 Å². The number of piperidine rings is 1. The zero-order valence-corrected chi connectivity index (χ0v) is 19.8. The van der Waals surface area contributed by atoms with Gasteiger partial charge in [0.2, 0.25) is 10.0 Å². The third kappa shape index (κ3) is 6.41. The summed E-state index contributed by atoms with van der Waals surface area (Å²) in [6.45, 7) is 10.0. The number of benzene rings is 1. The van der Waals surface area contributed by atoms with E-state index in [1.807, 2.05) is 46.8 Å². The number of carbonyl (C=O) groups excluding carboxylic acids is 1. The Morgan fingerprint density at radius 3 is 2.13 bits per heavy atom. The van der Waals surface area contributed by atoms with Crippen LogP contribution in [0.4, 0.5) is 10.5 Å². The Morgan fingerprint density at radius 2 is 1.67 bits per heavy atom. The molecule has 0 aromatic heterocycles. The molecule has 30 heavy (non-hydrogen) atoms. The number of ether oxygens (including phenoxy) is 1. The maximum atomic E-state index is 12.8. The van der Waals surface area contributed by atoms with E-state index in [0.717, 1.165) is 16.7 Å². The van der Waals surface area contributed by atoms with E-state index in [4.69, 9.17) is 16.2 Å². The molecule has 0 spiro atoms. The van der Waals surface area contributed by atoms with Crippen molar-refractivity contribution in [3.8, 4) is 0 Å². The molecule has 0 aliphatic carbocycles. The van der Waals surface area contributed by atoms with Gasteiger partial charge < -0.3 is 16.2 Å². The minimum Gasteiger partial charge on any atom is -0.443 e. The summed E-state index contributed by atoms with van der Waals surface area (Å²) < 4.78 is 32.4. The Kier molecular flexibility index (Phi) is 7.23. The summed E-state index contributed by atoms with van der Waals surface area (Å²) in [6.07, 6.45) is 0.882. The highest BCUT2D eigenvalue weighted by Crippen LogP contribution is 2.25. The molecule has 1 aliphatic rings. The van der Waals surface area contributed by atoms with E-state index in [9.17, 15) is 13.2 Å². The third-order valence-electron chi connectivity index (χ3n) is 5.39. The van der Waals surface area contributed by atoms with Crippen LogP contribution < -0.4 is 16.4 Å². The van der Waals surface area contributed by atoms with Gasteiger partial charge in [0, 0.05) is 25.8 Å². The molecule has 0 bridgehead atoms. The summed E-state index contributed by atoms with van der Waals surface area (Å²) >= 11 is 0. The largest absolute Gasteiger partial charge is 0.443 e. The number of anilines is 1. The average molecular weight is 441 g/mol. The van der Waals surface area contributed by atoms with Crippen LogP contribution in [0.15, 0.2) is 12.1 Å². The molecule has 1 aromatic rings. The van der Waals surface area contributed by atoms with E-state index >= 15 is 0 Å². The Morgan fingerprint density at radius 1 is 1.17 bits per heavy atom. The minimum absolute atomic E-state index is 0.0259. The van der Waals surface area contributed by atoms with Crippen molar-refractivity contribution in [2.45, 2.75) is 65.1 Å². The first kappa shape index (κ1) is 24.6. The molecule has 0 atom stereocenters. The first-order valence-electron chi connectivity index (χ1n) is 10.2. The Hall–Kier alpha value is -1.68. The zero-order chi connectivity index (χ0) is 22.9. The molecule has 9 heteroatoms. The van der Waals surface area contributed by atoms with Crippen molar-refractivity contribution < 1.29 is 17.9 Å². The van der Waals surface area contributed by atoms with Crippen molar-refractivity contribution in [1.29, 1.82) is 0 Å². The van der Waals surface area contributed by atoms with E-state index in [1.54, 1.807) is 7.05 Å². The lowest BCUT2D eigenvalue weighted by atomic mass is 9.99. The van der Waals surface area contributed by atoms with Gasteiger partial charge in [-0.1, -0.05) is 0 Å². The number of hydrogen-bond acceptors (Lipinski definition) is 6. The SMILES string of the molecule is Cc1cc(N(C)C(=O)OC(C)(C)C)cc(C)c1CCS(=O)(=O)N1CCC(N)(N)CC1. The monoisotopic (exact) mass is 440 g/mol. The Labute approximate surface area is 180 Å². The molecule has 1 amide bonds. The van der Waals surface area contributed by atoms with E-state index in [-0.39, 0.29) is 5.75 Å². The first-order chi connectivity index (χ1) is 13.6. The molecule has 1 heterocycles. The topological polar surface area (TPSA) is 119 Å². The summed E-state index contributed by atoms with van der Waals surface area (Å²) in [4.78, 5) is 13.8. The molecule has 0 saturated carbocycles. The van der Waals surface area contributed by atoms with Crippen LogP contribution in [0.3, 0.4) is 0 Å². The van der Waals surface area contributed by atoms with E-state index < -0.39 is 27.4 Å². The number of aryl methyl sites for hydroxylation is 2. The lowest BCUT2D eigenvalue weighted by molar-refractivity contribution is 0.0589. The van der Waals surface area contributed by atoms with Gasteiger partial charge in [0.05, 0.1) is 11.4 Å². The van der Waals surface area contributed by atoms with Crippen molar-refractivity contribution in [1.82, 2.24) is 4.31 Å². The van der Waals surface area contributed by atoms with Crippen molar-refractivity contribution in [3.05, 3.63) is 28.8 Å². The lowest BCUT2D eigenvalue weighted by Gasteiger charge is -2.35. The molecule has 2 rings (SSSR count). The fourth-order valence-corrected chi connectivity index (χ4v) is 4.99. The van der Waals surface area contributed by atoms with Gasteiger partial charge in [0.1, 0.15) is 5.60 Å². The molecular formula is C21H36N4O4S. The number of carbonyl (C=O) groups is 1. The summed E-state index contributed by atoms with van der Waals surface area (Å²) in [7, 11) is -1.72. The number of rotatable bonds is 5. The molecule has 1 aromatic carbocycles. The van der Waals surface area contributed by atoms with Gasteiger partial charge in [0.15, 0.2) is 0 Å². The number of nitrogens with zero attached hydrogens (tertiary/aromatic N) is 2. The molecule has 1 aliphatic heterocycles. The highest BCUT2D eigenvalue weighted by Gasteiger charge is 2.32. The van der Waals surface area contributed by atoms with Gasteiger partial charge in [-0.15, -0.1) is 0 Å². The standard InChI is InChI=1S/C21H36N4O4S/c1-15-13-17(24(6)19(26)29-20(3,4)5)14-16(2)18(15)7-12-30(27,28)25-10-8-21(22,23)9-11-25/h13-14H,7-12,22-23H2,1-6H3. The van der Waals surface area contributed by atoms with Gasteiger partial charge in [-0.25, -0.2) is 17.5 Å². The first-order valence-corrected chi connectivity index (χ1v) is 11.8. The fourth-order valence-electron chi connectivity index (χ4n) is 3.54. The van der Waals surface area contributed by atoms with Crippen LogP contribution in [0.5, 0.6) is 0 Å². The van der Waals surface area contributed by atoms with Gasteiger partial charge in [-0.05, 0) is 82.7 Å². The average Bonchev–Trinajstić information content (AvgIpc) is 2.58. The van der Waals surface area contributed by atoms with Crippen LogP contribution in [-0.2, 0) is 21.2 Å². The quantitative estimate of drug-likeness (QED) is 0.678. The second-order valence-corrected chi connectivity index (χ2v) is 11.4. The van der Waals surface area contributed by atoms with Gasteiger partial charge in [-0.3, -0.25) is 4.90 Å². The fraction of sp³-hybridized carbons (Fsp3) is 0.667. The molecule has 0 radical (unpaired) electrons. The van der Waals surface area contributed by atoms with E-state index in [0.29, 0.717) is 38.0 Å². The van der Waals surface area contributed by atoms with Crippen LogP contribution in [-0.4, -0.2) is 56.0 Å². The molecule has 170 valence electrons. The Bertz CT molecular complexity index is 858. The lowest BCUT2D eigenvalue weighted by Crippen LogP contribution is -2.57. The predicted molar refractivity (Wildman–Crippen MR) is 120 cm³/mol. The van der Waals surface area contributed by atoms with Crippen molar-refractivity contribution in [3.63, 3.8) is 0 Å². The number of nitrogens with two attached hydrogens (primary N) is 2. The molecule has 8 nitrogen and oxygen atoms in total. The summed E-state index contributed by atoms with van der Waals surface area (Å²) in [6, 6.07) is 3.77. The number of amides is 1. The van der Waals surface area contributed by atoms with Crippen LogP contribution in [0.25, 0.3) is 0 Å². The molecule has 4 N–H and O–H groups in total. The van der Waals surface area contributed by atoms with Crippen LogP contribution in [0.2, 0.25) is 0 Å². The molecule has 0 unspecified atom stereocenters. The predicted octanol–water partition coefficient (Wildman–Crippen LogP) is 2.26. The maximum absolute atomic E-state index is 12.8. The van der Waals surface area contributed by atoms with Gasteiger partial charge >= 0.3 is 6.09 Å². The second kappa shape index (κ2) is 8.82.